The van der Waals surface area contributed by atoms with E-state index in [1.807, 2.05) is 0 Å². The summed E-state index contributed by atoms with van der Waals surface area (Å²) < 4.78 is 11.9. The Labute approximate surface area is 122 Å². The summed E-state index contributed by atoms with van der Waals surface area (Å²) in [7, 11) is 0. The van der Waals surface area contributed by atoms with E-state index < -0.39 is 0 Å². The van der Waals surface area contributed by atoms with Crippen LogP contribution in [0, 0.1) is 16.7 Å². The van der Waals surface area contributed by atoms with Crippen molar-refractivity contribution in [1.82, 2.24) is 0 Å². The molecule has 2 bridgehead atoms. The summed E-state index contributed by atoms with van der Waals surface area (Å²) in [6, 6.07) is 0. The van der Waals surface area contributed by atoms with Crippen LogP contribution in [-0.2, 0) is 14.3 Å². The fourth-order valence-electron chi connectivity index (χ4n) is 5.57. The minimum atomic E-state index is -0.264. The quantitative estimate of drug-likeness (QED) is 0.723. The highest BCUT2D eigenvalue weighted by molar-refractivity contribution is 5.70. The van der Waals surface area contributed by atoms with Gasteiger partial charge in [-0.1, -0.05) is 13.8 Å². The molecule has 0 amide bonds. The number of esters is 1. The van der Waals surface area contributed by atoms with E-state index >= 15 is 0 Å². The van der Waals surface area contributed by atoms with Crippen LogP contribution in [0.4, 0.5) is 0 Å². The van der Waals surface area contributed by atoms with E-state index in [1.54, 1.807) is 0 Å². The first-order chi connectivity index (χ1) is 9.31. The first kappa shape index (κ1) is 14.4. The molecule has 4 unspecified atom stereocenters. The Bertz CT molecular complexity index is 416. The second-order valence-electron chi connectivity index (χ2n) is 8.06. The van der Waals surface area contributed by atoms with Gasteiger partial charge in [0.1, 0.15) is 5.60 Å². The Morgan fingerprint density at radius 1 is 1.30 bits per heavy atom. The van der Waals surface area contributed by atoms with Crippen molar-refractivity contribution >= 4 is 5.97 Å². The maximum atomic E-state index is 12.0. The highest BCUT2D eigenvalue weighted by atomic mass is 16.6. The number of rotatable bonds is 2. The summed E-state index contributed by atoms with van der Waals surface area (Å²) in [5.74, 6) is 0.652. The molecule has 3 heteroatoms. The van der Waals surface area contributed by atoms with Crippen LogP contribution in [0.3, 0.4) is 0 Å². The van der Waals surface area contributed by atoms with Gasteiger partial charge < -0.3 is 9.47 Å². The standard InChI is InChI=1S/C17H28O3/c1-5-19-13-10-15(2,3)12-6-8-16(4)11-17(12,13)9-7-14(18)20-16/h12-13H,5-11H2,1-4H3. The summed E-state index contributed by atoms with van der Waals surface area (Å²) in [5, 5.41) is 0. The van der Waals surface area contributed by atoms with E-state index in [4.69, 9.17) is 9.47 Å². The second kappa shape index (κ2) is 4.46. The summed E-state index contributed by atoms with van der Waals surface area (Å²) in [6.45, 7) is 9.74. The van der Waals surface area contributed by atoms with E-state index in [0.717, 1.165) is 32.3 Å². The molecule has 3 fully saturated rings. The lowest BCUT2D eigenvalue weighted by molar-refractivity contribution is -0.165. The maximum Gasteiger partial charge on any atom is 0.306 e. The van der Waals surface area contributed by atoms with Crippen molar-refractivity contribution in [3.63, 3.8) is 0 Å². The largest absolute Gasteiger partial charge is 0.459 e. The molecule has 0 aromatic carbocycles. The van der Waals surface area contributed by atoms with E-state index in [2.05, 4.69) is 27.7 Å². The molecule has 0 N–H and O–H groups in total. The van der Waals surface area contributed by atoms with Crippen LogP contribution < -0.4 is 0 Å². The third-order valence-electron chi connectivity index (χ3n) is 6.18. The van der Waals surface area contributed by atoms with Gasteiger partial charge in [-0.3, -0.25) is 4.79 Å². The van der Waals surface area contributed by atoms with Gasteiger partial charge in [0.05, 0.1) is 6.10 Å². The van der Waals surface area contributed by atoms with E-state index in [1.165, 1.54) is 6.42 Å². The predicted molar refractivity (Wildman–Crippen MR) is 77.3 cm³/mol. The fraction of sp³-hybridized carbons (Fsp3) is 0.941. The van der Waals surface area contributed by atoms with Crippen molar-refractivity contribution in [2.45, 2.75) is 77.9 Å². The normalized spacial score (nSPS) is 46.5. The molecule has 1 heterocycles. The van der Waals surface area contributed by atoms with Gasteiger partial charge in [-0.25, -0.2) is 0 Å². The highest BCUT2D eigenvalue weighted by Crippen LogP contribution is 2.66. The lowest BCUT2D eigenvalue weighted by atomic mass is 9.57. The van der Waals surface area contributed by atoms with E-state index in [0.29, 0.717) is 23.9 Å². The number of fused-ring (bicyclic) bond motifs is 1. The molecule has 20 heavy (non-hydrogen) atoms. The zero-order valence-corrected chi connectivity index (χ0v) is 13.3. The molecule has 3 aliphatic rings. The lowest BCUT2D eigenvalue weighted by Gasteiger charge is -2.50. The van der Waals surface area contributed by atoms with Crippen LogP contribution >= 0.6 is 0 Å². The van der Waals surface area contributed by atoms with Crippen LogP contribution in [0.15, 0.2) is 0 Å². The van der Waals surface area contributed by atoms with E-state index in [9.17, 15) is 4.79 Å². The molecule has 1 spiro atoms. The zero-order chi connectivity index (χ0) is 14.6. The maximum absolute atomic E-state index is 12.0. The predicted octanol–water partition coefficient (Wildman–Crippen LogP) is 3.70. The van der Waals surface area contributed by atoms with Crippen LogP contribution in [0.1, 0.15) is 66.2 Å². The minimum Gasteiger partial charge on any atom is -0.459 e. The molecule has 3 rings (SSSR count). The van der Waals surface area contributed by atoms with Crippen molar-refractivity contribution in [3.05, 3.63) is 0 Å². The minimum absolute atomic E-state index is 0.00928. The number of ether oxygens (including phenoxy) is 2. The number of carbonyl (C=O) groups excluding carboxylic acids is 1. The molecule has 2 aliphatic carbocycles. The van der Waals surface area contributed by atoms with Gasteiger partial charge in [-0.2, -0.15) is 0 Å². The summed E-state index contributed by atoms with van der Waals surface area (Å²) >= 11 is 0. The molecule has 0 aromatic heterocycles. The Hall–Kier alpha value is -0.570. The molecule has 1 saturated heterocycles. The molecule has 4 atom stereocenters. The van der Waals surface area contributed by atoms with Crippen LogP contribution in [0.5, 0.6) is 0 Å². The number of hydrogen-bond donors (Lipinski definition) is 0. The number of hydrogen-bond acceptors (Lipinski definition) is 3. The van der Waals surface area contributed by atoms with Gasteiger partial charge in [-0.05, 0) is 57.3 Å². The van der Waals surface area contributed by atoms with Gasteiger partial charge >= 0.3 is 5.97 Å². The van der Waals surface area contributed by atoms with Gasteiger partial charge in [0.15, 0.2) is 0 Å². The molecular formula is C17H28O3. The Morgan fingerprint density at radius 3 is 2.75 bits per heavy atom. The Balaban J connectivity index is 2.01. The van der Waals surface area contributed by atoms with Gasteiger partial charge in [0.25, 0.3) is 0 Å². The molecule has 0 aromatic rings. The summed E-state index contributed by atoms with van der Waals surface area (Å²) in [4.78, 5) is 12.0. The van der Waals surface area contributed by atoms with Crippen LogP contribution in [-0.4, -0.2) is 24.3 Å². The van der Waals surface area contributed by atoms with E-state index in [-0.39, 0.29) is 17.0 Å². The van der Waals surface area contributed by atoms with Gasteiger partial charge in [0, 0.05) is 18.4 Å². The smallest absolute Gasteiger partial charge is 0.306 e. The third kappa shape index (κ3) is 2.01. The first-order valence-electron chi connectivity index (χ1n) is 8.15. The van der Waals surface area contributed by atoms with Crippen molar-refractivity contribution < 1.29 is 14.3 Å². The zero-order valence-electron chi connectivity index (χ0n) is 13.3. The SMILES string of the molecule is CCOC1CC(C)(C)C2CCC3(C)CC12CCC(=O)O3. The molecule has 1 aliphatic heterocycles. The molecule has 3 nitrogen and oxygen atoms in total. The van der Waals surface area contributed by atoms with Crippen molar-refractivity contribution in [1.29, 1.82) is 0 Å². The van der Waals surface area contributed by atoms with Crippen molar-refractivity contribution in [2.75, 3.05) is 6.61 Å². The fourth-order valence-corrected chi connectivity index (χ4v) is 5.57. The molecular weight excluding hydrogens is 252 g/mol. The molecule has 0 radical (unpaired) electrons. The summed E-state index contributed by atoms with van der Waals surface area (Å²) in [6.07, 6.45) is 6.08. The summed E-state index contributed by atoms with van der Waals surface area (Å²) in [5.41, 5.74) is 0.201. The van der Waals surface area contributed by atoms with Gasteiger partial charge in [0.2, 0.25) is 0 Å². The Kier molecular flexibility index (Phi) is 3.20. The first-order valence-corrected chi connectivity index (χ1v) is 8.15. The monoisotopic (exact) mass is 280 g/mol. The third-order valence-corrected chi connectivity index (χ3v) is 6.18. The van der Waals surface area contributed by atoms with Crippen molar-refractivity contribution in [2.24, 2.45) is 16.7 Å². The van der Waals surface area contributed by atoms with Crippen molar-refractivity contribution in [3.8, 4) is 0 Å². The molecule has 114 valence electrons. The van der Waals surface area contributed by atoms with Crippen LogP contribution in [0.25, 0.3) is 0 Å². The molecule has 2 saturated carbocycles. The topological polar surface area (TPSA) is 35.5 Å². The average molecular weight is 280 g/mol. The lowest BCUT2D eigenvalue weighted by Crippen LogP contribution is -2.49. The second-order valence-corrected chi connectivity index (χ2v) is 8.06. The Morgan fingerprint density at radius 2 is 2.05 bits per heavy atom. The van der Waals surface area contributed by atoms with Gasteiger partial charge in [-0.15, -0.1) is 0 Å². The number of carbonyl (C=O) groups is 1. The average Bonchev–Trinajstić information content (AvgIpc) is 2.48. The highest BCUT2D eigenvalue weighted by Gasteiger charge is 2.64. The van der Waals surface area contributed by atoms with Crippen LogP contribution in [0.2, 0.25) is 0 Å².